The maximum atomic E-state index is 14.6. The van der Waals surface area contributed by atoms with E-state index in [0.29, 0.717) is 31.6 Å². The monoisotopic (exact) mass is 560 g/mol. The third kappa shape index (κ3) is 5.24. The topological polar surface area (TPSA) is 84.7 Å². The van der Waals surface area contributed by atoms with Crippen LogP contribution in [0.2, 0.25) is 0 Å². The van der Waals surface area contributed by atoms with Gasteiger partial charge in [0.15, 0.2) is 0 Å². The van der Waals surface area contributed by atoms with Crippen molar-refractivity contribution >= 4 is 15.7 Å². The Kier molecular flexibility index (Phi) is 7.12. The van der Waals surface area contributed by atoms with Crippen molar-refractivity contribution < 1.29 is 17.5 Å². The lowest BCUT2D eigenvalue weighted by atomic mass is 10.1. The smallest absolute Gasteiger partial charge is 0.316 e. The number of nitrogens with zero attached hydrogens (tertiary/aromatic N) is 4. The van der Waals surface area contributed by atoms with Gasteiger partial charge in [0.2, 0.25) is 15.8 Å². The van der Waals surface area contributed by atoms with E-state index in [2.05, 4.69) is 17.2 Å². The normalized spacial score (nSPS) is 16.2. The molecule has 4 aromatic rings. The van der Waals surface area contributed by atoms with Gasteiger partial charge in [0.05, 0.1) is 11.9 Å². The number of halogens is 1. The Morgan fingerprint density at radius 2 is 1.45 bits per heavy atom. The van der Waals surface area contributed by atoms with Gasteiger partial charge in [-0.05, 0) is 28.8 Å². The largest absolute Gasteiger partial charge is 0.482 e. The highest BCUT2D eigenvalue weighted by molar-refractivity contribution is 7.88. The molecule has 1 fully saturated rings. The van der Waals surface area contributed by atoms with Crippen LogP contribution < -0.4 is 15.2 Å². The van der Waals surface area contributed by atoms with Crippen molar-refractivity contribution in [1.29, 1.82) is 0 Å². The van der Waals surface area contributed by atoms with E-state index in [1.807, 2.05) is 35.2 Å². The molecule has 6 rings (SSSR count). The lowest BCUT2D eigenvalue weighted by Crippen LogP contribution is -2.49. The predicted molar refractivity (Wildman–Crippen MR) is 151 cm³/mol. The molecule has 1 aromatic heterocycles. The van der Waals surface area contributed by atoms with Gasteiger partial charge in [0, 0.05) is 39.0 Å². The fourth-order valence-electron chi connectivity index (χ4n) is 5.41. The highest BCUT2D eigenvalue weighted by Gasteiger charge is 2.31. The average Bonchev–Trinajstić information content (AvgIpc) is 3.38. The van der Waals surface area contributed by atoms with Crippen LogP contribution in [0.25, 0.3) is 5.69 Å². The molecule has 1 aliphatic carbocycles. The van der Waals surface area contributed by atoms with Crippen LogP contribution >= 0.6 is 0 Å². The molecule has 0 radical (unpaired) electrons. The first-order chi connectivity index (χ1) is 19.4. The molecule has 2 heterocycles. The second-order valence-electron chi connectivity index (χ2n) is 10.1. The standard InChI is InChI=1S/C30H29FN4O4S/c31-26-12-6-7-13-27(26)35-30(36)29(39-25-18-23-10-4-5-11-24(23)19-25)28(20-32-35)33-14-16-34(17-15-33)40(37,38)21-22-8-2-1-3-9-22/h1-13,20,25H,14-19,21H2. The summed E-state index contributed by atoms with van der Waals surface area (Å²) in [5.74, 6) is -0.539. The number of ether oxygens (including phenoxy) is 1. The quantitative estimate of drug-likeness (QED) is 0.344. The minimum absolute atomic E-state index is 0.0374. The zero-order chi connectivity index (χ0) is 27.7. The lowest BCUT2D eigenvalue weighted by molar-refractivity contribution is 0.209. The van der Waals surface area contributed by atoms with Crippen molar-refractivity contribution in [1.82, 2.24) is 14.1 Å². The Labute approximate surface area is 232 Å². The van der Waals surface area contributed by atoms with Gasteiger partial charge in [-0.25, -0.2) is 12.8 Å². The molecule has 1 saturated heterocycles. The minimum atomic E-state index is -3.50. The molecule has 2 aliphatic rings. The van der Waals surface area contributed by atoms with Crippen LogP contribution in [0.5, 0.6) is 5.75 Å². The van der Waals surface area contributed by atoms with Crippen LogP contribution in [0, 0.1) is 5.82 Å². The number of anilines is 1. The SMILES string of the molecule is O=c1c(OC2Cc3ccccc3C2)c(N2CCN(S(=O)(=O)Cc3ccccc3)CC2)cnn1-c1ccccc1F. The highest BCUT2D eigenvalue weighted by atomic mass is 32.2. The molecule has 3 aromatic carbocycles. The Morgan fingerprint density at radius 1 is 0.825 bits per heavy atom. The van der Waals surface area contributed by atoms with E-state index in [-0.39, 0.29) is 36.4 Å². The molecule has 0 atom stereocenters. The van der Waals surface area contributed by atoms with E-state index >= 15 is 0 Å². The van der Waals surface area contributed by atoms with Crippen LogP contribution in [-0.2, 0) is 28.6 Å². The van der Waals surface area contributed by atoms with Crippen LogP contribution in [0.3, 0.4) is 0 Å². The Bertz CT molecular complexity index is 1660. The number of sulfonamides is 1. The molecule has 40 heavy (non-hydrogen) atoms. The Balaban J connectivity index is 1.27. The summed E-state index contributed by atoms with van der Waals surface area (Å²) >= 11 is 0. The maximum Gasteiger partial charge on any atom is 0.316 e. The summed E-state index contributed by atoms with van der Waals surface area (Å²) in [6.45, 7) is 1.25. The number of aromatic nitrogens is 2. The van der Waals surface area contributed by atoms with Gasteiger partial charge in [-0.2, -0.15) is 14.1 Å². The van der Waals surface area contributed by atoms with E-state index in [1.54, 1.807) is 24.3 Å². The van der Waals surface area contributed by atoms with Gasteiger partial charge in [0.1, 0.15) is 23.3 Å². The molecule has 0 bridgehead atoms. The third-order valence-electron chi connectivity index (χ3n) is 7.46. The molecule has 10 heteroatoms. The second kappa shape index (κ2) is 10.9. The average molecular weight is 561 g/mol. The van der Waals surface area contributed by atoms with Crippen LogP contribution in [0.4, 0.5) is 10.1 Å². The summed E-state index contributed by atoms with van der Waals surface area (Å²) < 4.78 is 49.7. The zero-order valence-electron chi connectivity index (χ0n) is 21.8. The first kappa shape index (κ1) is 26.2. The first-order valence-electron chi connectivity index (χ1n) is 13.3. The Morgan fingerprint density at radius 3 is 2.12 bits per heavy atom. The number of hydrogen-bond acceptors (Lipinski definition) is 6. The van der Waals surface area contributed by atoms with E-state index in [9.17, 15) is 17.6 Å². The van der Waals surface area contributed by atoms with Gasteiger partial charge in [-0.1, -0.05) is 66.7 Å². The fraction of sp³-hybridized carbons (Fsp3) is 0.267. The van der Waals surface area contributed by atoms with E-state index in [0.717, 1.165) is 10.2 Å². The van der Waals surface area contributed by atoms with Crippen molar-refractivity contribution in [3.63, 3.8) is 0 Å². The summed E-state index contributed by atoms with van der Waals surface area (Å²) in [5, 5.41) is 4.29. The van der Waals surface area contributed by atoms with Gasteiger partial charge < -0.3 is 9.64 Å². The molecule has 8 nitrogen and oxygen atoms in total. The molecular formula is C30H29FN4O4S. The molecular weight excluding hydrogens is 531 g/mol. The summed E-state index contributed by atoms with van der Waals surface area (Å²) in [5.41, 5.74) is 3.05. The van der Waals surface area contributed by atoms with Crippen molar-refractivity contribution in [2.24, 2.45) is 0 Å². The van der Waals surface area contributed by atoms with Crippen LogP contribution in [0.15, 0.2) is 89.9 Å². The summed E-state index contributed by atoms with van der Waals surface area (Å²) in [4.78, 5) is 15.7. The summed E-state index contributed by atoms with van der Waals surface area (Å²) in [6.07, 6.45) is 2.57. The number of benzene rings is 3. The summed E-state index contributed by atoms with van der Waals surface area (Å²) in [7, 11) is -3.50. The minimum Gasteiger partial charge on any atom is -0.482 e. The number of hydrogen-bond donors (Lipinski definition) is 0. The number of rotatable bonds is 7. The third-order valence-corrected chi connectivity index (χ3v) is 9.31. The van der Waals surface area contributed by atoms with Crippen LogP contribution in [-0.4, -0.2) is 54.8 Å². The second-order valence-corrected chi connectivity index (χ2v) is 12.0. The zero-order valence-corrected chi connectivity index (χ0v) is 22.6. The predicted octanol–water partition coefficient (Wildman–Crippen LogP) is 3.57. The van der Waals surface area contributed by atoms with Gasteiger partial charge in [0.25, 0.3) is 0 Å². The first-order valence-corrected chi connectivity index (χ1v) is 14.9. The van der Waals surface area contributed by atoms with Gasteiger partial charge in [-0.15, -0.1) is 0 Å². The number of piperazine rings is 1. The van der Waals surface area contributed by atoms with Crippen LogP contribution in [0.1, 0.15) is 16.7 Å². The van der Waals surface area contributed by atoms with E-state index in [4.69, 9.17) is 4.74 Å². The Hall–Kier alpha value is -4.02. The molecule has 0 amide bonds. The molecule has 0 unspecified atom stereocenters. The molecule has 0 N–H and O–H groups in total. The highest BCUT2D eigenvalue weighted by Crippen LogP contribution is 2.31. The van der Waals surface area contributed by atoms with Crippen molar-refractivity contribution in [3.8, 4) is 11.4 Å². The van der Waals surface area contributed by atoms with Crippen molar-refractivity contribution in [2.45, 2.75) is 24.7 Å². The fourth-order valence-corrected chi connectivity index (χ4v) is 6.93. The van der Waals surface area contributed by atoms with Gasteiger partial charge in [-0.3, -0.25) is 4.79 Å². The number of fused-ring (bicyclic) bond motifs is 1. The molecule has 0 spiro atoms. The van der Waals surface area contributed by atoms with E-state index in [1.165, 1.54) is 33.8 Å². The lowest BCUT2D eigenvalue weighted by Gasteiger charge is -2.36. The molecule has 0 saturated carbocycles. The van der Waals surface area contributed by atoms with Gasteiger partial charge >= 0.3 is 5.56 Å². The molecule has 1 aliphatic heterocycles. The summed E-state index contributed by atoms with van der Waals surface area (Å²) in [6, 6.07) is 23.1. The molecule has 206 valence electrons. The van der Waals surface area contributed by atoms with Crippen molar-refractivity contribution in [2.75, 3.05) is 31.1 Å². The maximum absolute atomic E-state index is 14.6. The van der Waals surface area contributed by atoms with E-state index < -0.39 is 21.4 Å². The van der Waals surface area contributed by atoms with Crippen molar-refractivity contribution in [3.05, 3.63) is 118 Å². The number of para-hydroxylation sites is 1.